The Morgan fingerprint density at radius 1 is 1.07 bits per heavy atom. The first-order chi connectivity index (χ1) is 13.8. The summed E-state index contributed by atoms with van der Waals surface area (Å²) >= 11 is 0. The molecule has 4 aliphatic carbocycles. The summed E-state index contributed by atoms with van der Waals surface area (Å²) in [5.74, 6) is 5.14. The van der Waals surface area contributed by atoms with Crippen LogP contribution in [0.4, 0.5) is 0 Å². The highest BCUT2D eigenvalue weighted by Gasteiger charge is 2.57. The van der Waals surface area contributed by atoms with Crippen molar-refractivity contribution in [3.63, 3.8) is 0 Å². The first-order valence-electron chi connectivity index (χ1n) is 12.9. The summed E-state index contributed by atoms with van der Waals surface area (Å²) < 4.78 is 0. The Balaban J connectivity index is 1.45. The fourth-order valence-corrected chi connectivity index (χ4v) is 8.58. The molecule has 0 saturated heterocycles. The maximum atomic E-state index is 10.9. The van der Waals surface area contributed by atoms with Crippen LogP contribution in [-0.4, -0.2) is 21.9 Å². The molecule has 0 aliphatic heterocycles. The summed E-state index contributed by atoms with van der Waals surface area (Å²) in [5.41, 5.74) is 1.74. The standard InChI is InChI=1S/C27H46O2/c1-5-27(29)16-14-21-20(17-27)9-10-23-22(21)13-15-26(4)24(11-12-25(23)26)18(2)7-6-8-19(3)28/h9,18-19,21-25,28-29H,5-8,10-17H2,1-4H3/t18-,19-,21+,22?,23-,24-,25+,26-,27+/m1/s1. The van der Waals surface area contributed by atoms with Gasteiger partial charge < -0.3 is 10.2 Å². The fourth-order valence-electron chi connectivity index (χ4n) is 8.58. The van der Waals surface area contributed by atoms with Gasteiger partial charge in [-0.3, -0.25) is 0 Å². The predicted molar refractivity (Wildman–Crippen MR) is 121 cm³/mol. The molecule has 0 aromatic carbocycles. The molecular weight excluding hydrogens is 356 g/mol. The predicted octanol–water partition coefficient (Wildman–Crippen LogP) is 6.50. The Labute approximate surface area is 179 Å². The smallest absolute Gasteiger partial charge is 0.0682 e. The second kappa shape index (κ2) is 8.30. The minimum absolute atomic E-state index is 0.145. The van der Waals surface area contributed by atoms with Gasteiger partial charge in [-0.1, -0.05) is 45.3 Å². The number of rotatable bonds is 6. The molecule has 0 spiro atoms. The zero-order chi connectivity index (χ0) is 20.8. The molecule has 0 radical (unpaired) electrons. The molecule has 166 valence electrons. The van der Waals surface area contributed by atoms with E-state index in [1.54, 1.807) is 5.57 Å². The molecule has 0 aromatic heterocycles. The van der Waals surface area contributed by atoms with Gasteiger partial charge in [-0.05, 0) is 112 Å². The average Bonchev–Trinajstić information content (AvgIpc) is 3.04. The molecule has 4 rings (SSSR count). The van der Waals surface area contributed by atoms with Crippen LogP contribution in [-0.2, 0) is 0 Å². The third-order valence-electron chi connectivity index (χ3n) is 10.3. The van der Waals surface area contributed by atoms with E-state index in [0.29, 0.717) is 5.41 Å². The van der Waals surface area contributed by atoms with Crippen LogP contribution in [0.15, 0.2) is 11.6 Å². The van der Waals surface area contributed by atoms with E-state index in [1.807, 2.05) is 6.92 Å². The lowest BCUT2D eigenvalue weighted by Crippen LogP contribution is -2.48. The summed E-state index contributed by atoms with van der Waals surface area (Å²) in [6, 6.07) is 0. The number of hydrogen-bond donors (Lipinski definition) is 2. The van der Waals surface area contributed by atoms with Gasteiger partial charge in [0.1, 0.15) is 0 Å². The van der Waals surface area contributed by atoms with Gasteiger partial charge in [-0.25, -0.2) is 0 Å². The zero-order valence-electron chi connectivity index (χ0n) is 19.5. The Bertz CT molecular complexity index is 610. The molecule has 0 bridgehead atoms. The van der Waals surface area contributed by atoms with Gasteiger partial charge in [0.25, 0.3) is 0 Å². The molecule has 0 heterocycles. The quantitative estimate of drug-likeness (QED) is 0.498. The van der Waals surface area contributed by atoms with Crippen molar-refractivity contribution in [1.29, 1.82) is 0 Å². The largest absolute Gasteiger partial charge is 0.393 e. The lowest BCUT2D eigenvalue weighted by molar-refractivity contribution is -0.0461. The van der Waals surface area contributed by atoms with Crippen LogP contribution in [0.25, 0.3) is 0 Å². The van der Waals surface area contributed by atoms with E-state index in [-0.39, 0.29) is 6.10 Å². The highest BCUT2D eigenvalue weighted by Crippen LogP contribution is 2.65. The number of allylic oxidation sites excluding steroid dienone is 1. The first kappa shape index (κ1) is 21.9. The lowest BCUT2D eigenvalue weighted by atomic mass is 9.50. The molecule has 1 unspecified atom stereocenters. The first-order valence-corrected chi connectivity index (χ1v) is 12.9. The van der Waals surface area contributed by atoms with Crippen molar-refractivity contribution in [3.05, 3.63) is 11.6 Å². The van der Waals surface area contributed by atoms with Crippen molar-refractivity contribution >= 4 is 0 Å². The van der Waals surface area contributed by atoms with Crippen LogP contribution >= 0.6 is 0 Å². The van der Waals surface area contributed by atoms with E-state index >= 15 is 0 Å². The third kappa shape index (κ3) is 3.98. The highest BCUT2D eigenvalue weighted by molar-refractivity contribution is 5.22. The average molecular weight is 403 g/mol. The maximum absolute atomic E-state index is 10.9. The van der Waals surface area contributed by atoms with E-state index < -0.39 is 5.60 Å². The zero-order valence-corrected chi connectivity index (χ0v) is 19.5. The van der Waals surface area contributed by atoms with E-state index in [4.69, 9.17) is 0 Å². The second-order valence-corrected chi connectivity index (χ2v) is 11.8. The Morgan fingerprint density at radius 2 is 1.86 bits per heavy atom. The van der Waals surface area contributed by atoms with Gasteiger partial charge in [0.05, 0.1) is 11.7 Å². The van der Waals surface area contributed by atoms with Crippen molar-refractivity contribution in [2.45, 2.75) is 116 Å². The summed E-state index contributed by atoms with van der Waals surface area (Å²) in [4.78, 5) is 0. The summed E-state index contributed by atoms with van der Waals surface area (Å²) in [6.45, 7) is 9.22. The van der Waals surface area contributed by atoms with E-state index in [9.17, 15) is 10.2 Å². The minimum atomic E-state index is -0.418. The molecule has 2 heteroatoms. The van der Waals surface area contributed by atoms with Gasteiger partial charge in [0.2, 0.25) is 0 Å². The number of hydrogen-bond acceptors (Lipinski definition) is 2. The molecule has 9 atom stereocenters. The van der Waals surface area contributed by atoms with Crippen LogP contribution in [0, 0.1) is 40.9 Å². The summed E-state index contributed by atoms with van der Waals surface area (Å²) in [6.07, 6.45) is 16.9. The Hall–Kier alpha value is -0.340. The van der Waals surface area contributed by atoms with Crippen LogP contribution in [0.2, 0.25) is 0 Å². The van der Waals surface area contributed by atoms with E-state index in [2.05, 4.69) is 26.8 Å². The highest BCUT2D eigenvalue weighted by atomic mass is 16.3. The van der Waals surface area contributed by atoms with Gasteiger partial charge >= 0.3 is 0 Å². The topological polar surface area (TPSA) is 40.5 Å². The monoisotopic (exact) mass is 402 g/mol. The summed E-state index contributed by atoms with van der Waals surface area (Å²) in [5, 5.41) is 20.5. The van der Waals surface area contributed by atoms with Crippen molar-refractivity contribution in [2.75, 3.05) is 0 Å². The second-order valence-electron chi connectivity index (χ2n) is 11.8. The molecule has 3 saturated carbocycles. The van der Waals surface area contributed by atoms with Crippen molar-refractivity contribution in [2.24, 2.45) is 40.9 Å². The van der Waals surface area contributed by atoms with Crippen LogP contribution in [0.3, 0.4) is 0 Å². The van der Waals surface area contributed by atoms with Crippen LogP contribution < -0.4 is 0 Å². The van der Waals surface area contributed by atoms with E-state index in [0.717, 1.165) is 61.2 Å². The van der Waals surface area contributed by atoms with Crippen molar-refractivity contribution in [1.82, 2.24) is 0 Å². The molecule has 0 amide bonds. The normalized spacial score (nSPS) is 46.3. The molecule has 2 nitrogen and oxygen atoms in total. The minimum Gasteiger partial charge on any atom is -0.393 e. The van der Waals surface area contributed by atoms with Gasteiger partial charge in [0, 0.05) is 0 Å². The molecule has 4 aliphatic rings. The van der Waals surface area contributed by atoms with E-state index in [1.165, 1.54) is 51.4 Å². The van der Waals surface area contributed by atoms with Gasteiger partial charge in [-0.2, -0.15) is 0 Å². The number of aliphatic hydroxyl groups is 2. The fraction of sp³-hybridized carbons (Fsp3) is 0.926. The Morgan fingerprint density at radius 3 is 2.59 bits per heavy atom. The molecule has 29 heavy (non-hydrogen) atoms. The van der Waals surface area contributed by atoms with Crippen LogP contribution in [0.1, 0.15) is 105 Å². The van der Waals surface area contributed by atoms with Crippen LogP contribution in [0.5, 0.6) is 0 Å². The number of fused-ring (bicyclic) bond motifs is 5. The van der Waals surface area contributed by atoms with Crippen molar-refractivity contribution < 1.29 is 10.2 Å². The van der Waals surface area contributed by atoms with Gasteiger partial charge in [-0.15, -0.1) is 0 Å². The molecule has 2 N–H and O–H groups in total. The number of aliphatic hydroxyl groups excluding tert-OH is 1. The van der Waals surface area contributed by atoms with Gasteiger partial charge in [0.15, 0.2) is 0 Å². The Kier molecular flexibility index (Phi) is 6.26. The van der Waals surface area contributed by atoms with Crippen molar-refractivity contribution in [3.8, 4) is 0 Å². The molecular formula is C27H46O2. The molecule has 3 fully saturated rings. The summed E-state index contributed by atoms with van der Waals surface area (Å²) in [7, 11) is 0. The molecule has 0 aromatic rings. The third-order valence-corrected chi connectivity index (χ3v) is 10.3. The maximum Gasteiger partial charge on any atom is 0.0682 e. The SMILES string of the molecule is CC[C@]1(O)CC[C@H]2C(=CC[C@@H]3C2CC[C@]2(C)[C@@H]([C@H](C)CCC[C@@H](C)O)CC[C@@H]32)C1. The lowest BCUT2D eigenvalue weighted by Gasteiger charge is -2.55.